The molecule has 0 unspecified atom stereocenters. The molecule has 0 atom stereocenters. The monoisotopic (exact) mass is 241 g/mol. The smallest absolute Gasteiger partial charge is 0.207 e. The summed E-state index contributed by atoms with van der Waals surface area (Å²) in [5, 5.41) is 0.157. The number of fused-ring (bicyclic) bond motifs is 1. The summed E-state index contributed by atoms with van der Waals surface area (Å²) in [6.45, 7) is 0. The van der Waals surface area contributed by atoms with E-state index >= 15 is 0 Å². The van der Waals surface area contributed by atoms with E-state index in [0.717, 1.165) is 24.6 Å². The molecular formula is C10H8FNO3S. The Morgan fingerprint density at radius 3 is 2.62 bits per heavy atom. The lowest BCUT2D eigenvalue weighted by Gasteiger charge is -2.01. The standard InChI is InChI=1S/C10H8FNO3S/c1-16(14,15)9-5-12-8-4-6(11)2-3-7(8)10(9)13/h2-5H,1H3,(H,12,13). The Morgan fingerprint density at radius 2 is 2.00 bits per heavy atom. The number of aromatic nitrogens is 1. The van der Waals surface area contributed by atoms with Gasteiger partial charge in [0, 0.05) is 17.8 Å². The lowest BCUT2D eigenvalue weighted by atomic mass is 10.2. The summed E-state index contributed by atoms with van der Waals surface area (Å²) in [5.41, 5.74) is -0.339. The van der Waals surface area contributed by atoms with Gasteiger partial charge in [-0.05, 0) is 18.2 Å². The van der Waals surface area contributed by atoms with Crippen molar-refractivity contribution in [2.24, 2.45) is 0 Å². The van der Waals surface area contributed by atoms with Crippen LogP contribution in [0, 0.1) is 5.82 Å². The van der Waals surface area contributed by atoms with Crippen LogP contribution < -0.4 is 5.43 Å². The first kappa shape index (κ1) is 10.8. The molecular weight excluding hydrogens is 233 g/mol. The minimum absolute atomic E-state index is 0.157. The Balaban J connectivity index is 2.92. The van der Waals surface area contributed by atoms with E-state index in [1.165, 1.54) is 6.07 Å². The molecule has 1 aromatic heterocycles. The molecule has 0 fully saturated rings. The fraction of sp³-hybridized carbons (Fsp3) is 0.100. The maximum atomic E-state index is 12.9. The number of H-pyrrole nitrogens is 1. The molecule has 0 saturated heterocycles. The Kier molecular flexibility index (Phi) is 2.31. The number of aromatic amines is 1. The predicted molar refractivity (Wildman–Crippen MR) is 57.6 cm³/mol. The van der Waals surface area contributed by atoms with Crippen LogP contribution in [-0.2, 0) is 9.84 Å². The highest BCUT2D eigenvalue weighted by molar-refractivity contribution is 7.90. The van der Waals surface area contributed by atoms with Gasteiger partial charge in [-0.3, -0.25) is 4.79 Å². The second-order valence-electron chi connectivity index (χ2n) is 3.44. The molecule has 16 heavy (non-hydrogen) atoms. The zero-order valence-corrected chi connectivity index (χ0v) is 9.14. The first-order valence-corrected chi connectivity index (χ1v) is 6.30. The van der Waals surface area contributed by atoms with Gasteiger partial charge in [0.2, 0.25) is 5.43 Å². The van der Waals surface area contributed by atoms with Crippen LogP contribution in [0.1, 0.15) is 0 Å². The number of halogens is 1. The van der Waals surface area contributed by atoms with Crippen LogP contribution in [0.2, 0.25) is 0 Å². The van der Waals surface area contributed by atoms with Gasteiger partial charge in [0.15, 0.2) is 9.84 Å². The maximum absolute atomic E-state index is 12.9. The quantitative estimate of drug-likeness (QED) is 0.812. The van der Waals surface area contributed by atoms with Crippen molar-refractivity contribution in [3.05, 3.63) is 40.4 Å². The summed E-state index contributed by atoms with van der Waals surface area (Å²) in [4.78, 5) is 14.0. The van der Waals surface area contributed by atoms with Crippen molar-refractivity contribution in [2.45, 2.75) is 4.90 Å². The summed E-state index contributed by atoms with van der Waals surface area (Å²) in [7, 11) is -3.57. The van der Waals surface area contributed by atoms with E-state index in [4.69, 9.17) is 0 Å². The van der Waals surface area contributed by atoms with E-state index < -0.39 is 21.1 Å². The second kappa shape index (κ2) is 3.41. The van der Waals surface area contributed by atoms with E-state index in [1.807, 2.05) is 0 Å². The Morgan fingerprint density at radius 1 is 1.31 bits per heavy atom. The Hall–Kier alpha value is -1.69. The molecule has 1 heterocycles. The van der Waals surface area contributed by atoms with Crippen LogP contribution in [0.15, 0.2) is 34.1 Å². The molecule has 0 aliphatic heterocycles. The molecule has 0 aliphatic carbocycles. The van der Waals surface area contributed by atoms with Gasteiger partial charge in [-0.15, -0.1) is 0 Å². The SMILES string of the molecule is CS(=O)(=O)c1c[nH]c2cc(F)ccc2c1=O. The third-order valence-electron chi connectivity index (χ3n) is 2.21. The number of sulfone groups is 1. The Labute approximate surface area is 90.7 Å². The van der Waals surface area contributed by atoms with E-state index in [2.05, 4.69) is 4.98 Å². The van der Waals surface area contributed by atoms with E-state index in [-0.39, 0.29) is 15.8 Å². The number of pyridine rings is 1. The van der Waals surface area contributed by atoms with Gasteiger partial charge in [0.25, 0.3) is 0 Å². The van der Waals surface area contributed by atoms with Crippen molar-refractivity contribution < 1.29 is 12.8 Å². The zero-order chi connectivity index (χ0) is 11.9. The molecule has 0 bridgehead atoms. The van der Waals surface area contributed by atoms with Crippen molar-refractivity contribution in [2.75, 3.05) is 6.26 Å². The lowest BCUT2D eigenvalue weighted by Crippen LogP contribution is -2.14. The molecule has 0 aliphatic rings. The highest BCUT2D eigenvalue weighted by atomic mass is 32.2. The van der Waals surface area contributed by atoms with Gasteiger partial charge in [0.05, 0.1) is 5.52 Å². The molecule has 0 amide bonds. The molecule has 0 saturated carbocycles. The van der Waals surface area contributed by atoms with Gasteiger partial charge >= 0.3 is 0 Å². The van der Waals surface area contributed by atoms with Gasteiger partial charge in [-0.2, -0.15) is 0 Å². The van der Waals surface area contributed by atoms with Crippen LogP contribution in [0.25, 0.3) is 10.9 Å². The third kappa shape index (κ3) is 1.71. The molecule has 4 nitrogen and oxygen atoms in total. The second-order valence-corrected chi connectivity index (χ2v) is 5.43. The average Bonchev–Trinajstić information content (AvgIpc) is 2.15. The lowest BCUT2D eigenvalue weighted by molar-refractivity contribution is 0.601. The van der Waals surface area contributed by atoms with Gasteiger partial charge < -0.3 is 4.98 Å². The Bertz CT molecular complexity index is 718. The highest BCUT2D eigenvalue weighted by Crippen LogP contribution is 2.12. The van der Waals surface area contributed by atoms with Crippen LogP contribution in [0.4, 0.5) is 4.39 Å². The third-order valence-corrected chi connectivity index (χ3v) is 3.31. The zero-order valence-electron chi connectivity index (χ0n) is 8.32. The molecule has 1 aromatic carbocycles. The molecule has 2 rings (SSSR count). The van der Waals surface area contributed by atoms with Crippen molar-refractivity contribution in [3.8, 4) is 0 Å². The molecule has 6 heteroatoms. The fourth-order valence-electron chi connectivity index (χ4n) is 1.45. The topological polar surface area (TPSA) is 67.0 Å². The first-order chi connectivity index (χ1) is 7.39. The van der Waals surface area contributed by atoms with Crippen molar-refractivity contribution in [1.29, 1.82) is 0 Å². The van der Waals surface area contributed by atoms with Crippen molar-refractivity contribution >= 4 is 20.7 Å². The molecule has 2 aromatic rings. The number of benzene rings is 1. The van der Waals surface area contributed by atoms with Gasteiger partial charge in [-0.25, -0.2) is 12.8 Å². The van der Waals surface area contributed by atoms with Crippen LogP contribution in [0.3, 0.4) is 0 Å². The first-order valence-electron chi connectivity index (χ1n) is 4.40. The van der Waals surface area contributed by atoms with Crippen LogP contribution >= 0.6 is 0 Å². The van der Waals surface area contributed by atoms with E-state index in [9.17, 15) is 17.6 Å². The number of hydrogen-bond acceptors (Lipinski definition) is 3. The average molecular weight is 241 g/mol. The molecule has 0 radical (unpaired) electrons. The van der Waals surface area contributed by atoms with Crippen molar-refractivity contribution in [3.63, 3.8) is 0 Å². The van der Waals surface area contributed by atoms with E-state index in [0.29, 0.717) is 0 Å². The highest BCUT2D eigenvalue weighted by Gasteiger charge is 2.14. The van der Waals surface area contributed by atoms with Gasteiger partial charge in [0.1, 0.15) is 10.7 Å². The number of nitrogens with one attached hydrogen (secondary N) is 1. The summed E-state index contributed by atoms with van der Waals surface area (Å²) in [5.74, 6) is -0.491. The summed E-state index contributed by atoms with van der Waals surface area (Å²) >= 11 is 0. The summed E-state index contributed by atoms with van der Waals surface area (Å²) in [6, 6.07) is 3.52. The molecule has 0 spiro atoms. The molecule has 84 valence electrons. The normalized spacial score (nSPS) is 11.9. The number of hydrogen-bond donors (Lipinski definition) is 1. The largest absolute Gasteiger partial charge is 0.360 e. The maximum Gasteiger partial charge on any atom is 0.207 e. The van der Waals surface area contributed by atoms with Crippen LogP contribution in [-0.4, -0.2) is 19.7 Å². The minimum atomic E-state index is -3.57. The van der Waals surface area contributed by atoms with E-state index in [1.54, 1.807) is 0 Å². The number of rotatable bonds is 1. The van der Waals surface area contributed by atoms with Crippen molar-refractivity contribution in [1.82, 2.24) is 4.98 Å². The van der Waals surface area contributed by atoms with Gasteiger partial charge in [-0.1, -0.05) is 0 Å². The fourth-order valence-corrected chi connectivity index (χ4v) is 2.17. The summed E-state index contributed by atoms with van der Waals surface area (Å²) in [6.07, 6.45) is 2.03. The summed E-state index contributed by atoms with van der Waals surface area (Å²) < 4.78 is 35.4. The minimum Gasteiger partial charge on any atom is -0.360 e. The molecule has 1 N–H and O–H groups in total. The predicted octanol–water partition coefficient (Wildman–Crippen LogP) is 1.07. The van der Waals surface area contributed by atoms with Crippen LogP contribution in [0.5, 0.6) is 0 Å².